The van der Waals surface area contributed by atoms with E-state index < -0.39 is 0 Å². The first-order valence-corrected chi connectivity index (χ1v) is 20.9. The lowest BCUT2D eigenvalue weighted by Crippen LogP contribution is -2.00. The fraction of sp³-hybridized carbons (Fsp3) is 0. The third-order valence-electron chi connectivity index (χ3n) is 12.0. The van der Waals surface area contributed by atoms with Gasteiger partial charge >= 0.3 is 0 Å². The molecule has 0 amide bonds. The molecule has 3 heterocycles. The molecule has 0 saturated heterocycles. The maximum Gasteiger partial charge on any atom is 0.164 e. The van der Waals surface area contributed by atoms with Crippen LogP contribution in [0.3, 0.4) is 0 Å². The lowest BCUT2D eigenvalue weighted by Gasteiger charge is -2.12. The number of benzene rings is 9. The molecule has 0 bridgehead atoms. The van der Waals surface area contributed by atoms with Gasteiger partial charge < -0.3 is 9.13 Å². The Bertz CT molecular complexity index is 3570. The molecule has 62 heavy (non-hydrogen) atoms. The largest absolute Gasteiger partial charge is 0.309 e. The molecule has 0 N–H and O–H groups in total. The minimum absolute atomic E-state index is 0.632. The van der Waals surface area contributed by atoms with Crippen molar-refractivity contribution >= 4 is 43.6 Å². The van der Waals surface area contributed by atoms with Crippen LogP contribution in [0, 0.1) is 0 Å². The van der Waals surface area contributed by atoms with E-state index in [0.717, 1.165) is 50.2 Å². The Morgan fingerprint density at radius 2 is 0.726 bits per heavy atom. The first kappa shape index (κ1) is 35.5. The summed E-state index contributed by atoms with van der Waals surface area (Å²) in [5.74, 6) is 1.92. The Labute approximate surface area is 358 Å². The van der Waals surface area contributed by atoms with E-state index in [1.165, 1.54) is 43.7 Å². The van der Waals surface area contributed by atoms with Gasteiger partial charge in [0.1, 0.15) is 0 Å². The van der Waals surface area contributed by atoms with Gasteiger partial charge in [0.25, 0.3) is 0 Å². The van der Waals surface area contributed by atoms with Gasteiger partial charge in [-0.15, -0.1) is 0 Å². The summed E-state index contributed by atoms with van der Waals surface area (Å²) < 4.78 is 4.80. The van der Waals surface area contributed by atoms with E-state index in [1.54, 1.807) is 0 Å². The van der Waals surface area contributed by atoms with Crippen LogP contribution in [0.15, 0.2) is 224 Å². The molecule has 0 atom stereocenters. The van der Waals surface area contributed by atoms with Crippen molar-refractivity contribution in [3.8, 4) is 67.8 Å². The molecular formula is C57H37N5. The second-order valence-electron chi connectivity index (χ2n) is 15.6. The van der Waals surface area contributed by atoms with Crippen molar-refractivity contribution in [2.24, 2.45) is 0 Å². The molecule has 0 spiro atoms. The van der Waals surface area contributed by atoms with Crippen LogP contribution in [-0.4, -0.2) is 24.1 Å². The van der Waals surface area contributed by atoms with Crippen LogP contribution < -0.4 is 0 Å². The third-order valence-corrected chi connectivity index (χ3v) is 12.0. The van der Waals surface area contributed by atoms with Gasteiger partial charge in [0.05, 0.1) is 22.1 Å². The lowest BCUT2D eigenvalue weighted by molar-refractivity contribution is 1.07. The lowest BCUT2D eigenvalue weighted by atomic mass is 9.98. The van der Waals surface area contributed by atoms with Gasteiger partial charge in [-0.25, -0.2) is 15.0 Å². The van der Waals surface area contributed by atoms with Crippen molar-refractivity contribution in [1.82, 2.24) is 24.1 Å². The number of fused-ring (bicyclic) bond motifs is 6. The molecule has 9 aromatic carbocycles. The van der Waals surface area contributed by atoms with Crippen molar-refractivity contribution in [2.45, 2.75) is 0 Å². The van der Waals surface area contributed by atoms with Crippen LogP contribution in [0.4, 0.5) is 0 Å². The van der Waals surface area contributed by atoms with Crippen molar-refractivity contribution < 1.29 is 0 Å². The molecule has 3 aromatic heterocycles. The number of aromatic nitrogens is 5. The molecule has 12 aromatic rings. The number of rotatable bonds is 7. The van der Waals surface area contributed by atoms with Crippen molar-refractivity contribution in [3.63, 3.8) is 0 Å². The maximum absolute atomic E-state index is 5.01. The molecule has 12 rings (SSSR count). The molecular weight excluding hydrogens is 755 g/mol. The van der Waals surface area contributed by atoms with Crippen LogP contribution in [0.1, 0.15) is 0 Å². The zero-order chi connectivity index (χ0) is 41.0. The summed E-state index contributed by atoms with van der Waals surface area (Å²) in [4.78, 5) is 14.9. The number of hydrogen-bond donors (Lipinski definition) is 0. The summed E-state index contributed by atoms with van der Waals surface area (Å²) in [6, 6.07) is 79.4. The van der Waals surface area contributed by atoms with E-state index in [2.05, 4.69) is 173 Å². The second kappa shape index (κ2) is 14.7. The second-order valence-corrected chi connectivity index (χ2v) is 15.6. The highest BCUT2D eigenvalue weighted by Gasteiger charge is 2.19. The molecule has 290 valence electrons. The van der Waals surface area contributed by atoms with Crippen LogP contribution in [-0.2, 0) is 0 Å². The van der Waals surface area contributed by atoms with Crippen LogP contribution in [0.2, 0.25) is 0 Å². The van der Waals surface area contributed by atoms with E-state index in [0.29, 0.717) is 17.5 Å². The zero-order valence-electron chi connectivity index (χ0n) is 33.6. The predicted octanol–water partition coefficient (Wildman–Crippen LogP) is 14.4. The molecule has 0 fully saturated rings. The Hall–Kier alpha value is -8.41. The number of para-hydroxylation sites is 3. The van der Waals surface area contributed by atoms with Crippen LogP contribution in [0.5, 0.6) is 0 Å². The van der Waals surface area contributed by atoms with Crippen molar-refractivity contribution in [3.05, 3.63) is 224 Å². The molecule has 0 aliphatic carbocycles. The molecule has 5 nitrogen and oxygen atoms in total. The summed E-state index contributed by atoms with van der Waals surface area (Å²) >= 11 is 0. The fourth-order valence-electron chi connectivity index (χ4n) is 9.13. The monoisotopic (exact) mass is 791 g/mol. The van der Waals surface area contributed by atoms with Crippen molar-refractivity contribution in [2.75, 3.05) is 0 Å². The predicted molar refractivity (Wildman–Crippen MR) is 256 cm³/mol. The van der Waals surface area contributed by atoms with Gasteiger partial charge in [0, 0.05) is 49.6 Å². The average molecular weight is 792 g/mol. The quantitative estimate of drug-likeness (QED) is 0.162. The van der Waals surface area contributed by atoms with E-state index in [-0.39, 0.29) is 0 Å². The molecule has 0 radical (unpaired) electrons. The van der Waals surface area contributed by atoms with Crippen LogP contribution >= 0.6 is 0 Å². The Balaban J connectivity index is 0.985. The highest BCUT2D eigenvalue weighted by Crippen LogP contribution is 2.41. The SMILES string of the molecule is c1ccc(-c2nc(-c3ccccc3)nc(-c3cccc(-c4cccc(-n5c6ccccc6c6c(-c7ccc8c9ccccc9n(-c9ccccc9)c8c7)cccc65)c4)c3)n2)cc1. The Morgan fingerprint density at radius 1 is 0.258 bits per heavy atom. The van der Waals surface area contributed by atoms with E-state index in [9.17, 15) is 0 Å². The normalized spacial score (nSPS) is 11.5. The highest BCUT2D eigenvalue weighted by molar-refractivity contribution is 6.17. The number of nitrogens with zero attached hydrogens (tertiary/aromatic N) is 5. The summed E-state index contributed by atoms with van der Waals surface area (Å²) in [6.45, 7) is 0. The molecule has 0 aliphatic heterocycles. The standard InChI is InChI=1S/C57H37N5/c1-4-17-38(18-5-1)55-58-56(39-19-6-2-7-20-39)60-57(59-55)43-23-14-21-40(35-43)41-22-15-26-45(36-41)62-51-31-13-11-28-49(51)54-46(29-16-32-52(54)62)42-33-34-48-47-27-10-12-30-50(47)61(53(48)37-42)44-24-8-3-9-25-44/h1-37H. The smallest absolute Gasteiger partial charge is 0.164 e. The average Bonchev–Trinajstić information content (AvgIpc) is 3.87. The van der Waals surface area contributed by atoms with Gasteiger partial charge in [0.2, 0.25) is 0 Å². The van der Waals surface area contributed by atoms with E-state index >= 15 is 0 Å². The first-order valence-electron chi connectivity index (χ1n) is 20.9. The first-order chi connectivity index (χ1) is 30.7. The van der Waals surface area contributed by atoms with E-state index in [4.69, 9.17) is 15.0 Å². The summed E-state index contributed by atoms with van der Waals surface area (Å²) in [6.07, 6.45) is 0. The third kappa shape index (κ3) is 5.98. The topological polar surface area (TPSA) is 48.5 Å². The van der Waals surface area contributed by atoms with E-state index in [1.807, 2.05) is 60.7 Å². The summed E-state index contributed by atoms with van der Waals surface area (Å²) in [5.41, 5.74) is 14.3. The molecule has 0 aliphatic rings. The summed E-state index contributed by atoms with van der Waals surface area (Å²) in [5, 5.41) is 4.94. The van der Waals surface area contributed by atoms with Gasteiger partial charge in [-0.2, -0.15) is 0 Å². The van der Waals surface area contributed by atoms with Crippen LogP contribution in [0.25, 0.3) is 111 Å². The van der Waals surface area contributed by atoms with Gasteiger partial charge in [-0.05, 0) is 76.9 Å². The highest BCUT2D eigenvalue weighted by atomic mass is 15.0. The fourth-order valence-corrected chi connectivity index (χ4v) is 9.13. The van der Waals surface area contributed by atoms with Crippen molar-refractivity contribution in [1.29, 1.82) is 0 Å². The summed E-state index contributed by atoms with van der Waals surface area (Å²) in [7, 11) is 0. The number of hydrogen-bond acceptors (Lipinski definition) is 3. The Kier molecular flexibility index (Phi) is 8.42. The molecule has 0 unspecified atom stereocenters. The van der Waals surface area contributed by atoms with Gasteiger partial charge in [-0.3, -0.25) is 0 Å². The maximum atomic E-state index is 5.01. The minimum Gasteiger partial charge on any atom is -0.309 e. The molecule has 0 saturated carbocycles. The van der Waals surface area contributed by atoms with Gasteiger partial charge in [-0.1, -0.05) is 170 Å². The molecule has 5 heteroatoms. The Morgan fingerprint density at radius 3 is 1.44 bits per heavy atom. The van der Waals surface area contributed by atoms with Gasteiger partial charge in [0.15, 0.2) is 17.5 Å². The zero-order valence-corrected chi connectivity index (χ0v) is 33.6. The minimum atomic E-state index is 0.632.